The van der Waals surface area contributed by atoms with Gasteiger partial charge in [0.2, 0.25) is 15.9 Å². The topological polar surface area (TPSA) is 75.7 Å². The van der Waals surface area contributed by atoms with Gasteiger partial charge >= 0.3 is 0 Å². The Morgan fingerprint density at radius 1 is 1.10 bits per heavy atom. The minimum absolute atomic E-state index is 0.00774. The van der Waals surface area contributed by atoms with Gasteiger partial charge in [0.25, 0.3) is 0 Å². The summed E-state index contributed by atoms with van der Waals surface area (Å²) in [5, 5.41) is 2.68. The monoisotopic (exact) mass is 454 g/mol. The van der Waals surface area contributed by atoms with Gasteiger partial charge in [-0.3, -0.25) is 9.10 Å². The lowest BCUT2D eigenvalue weighted by atomic mass is 10.1. The second-order valence-corrected chi connectivity index (χ2v) is 9.01. The quantitative estimate of drug-likeness (QED) is 0.497. The Morgan fingerprint density at radius 2 is 1.74 bits per heavy atom. The number of ether oxygens (including phenoxy) is 1. The maximum absolute atomic E-state index is 14.0. The number of carbonyl (C=O) groups excluding carboxylic acids is 1. The zero-order valence-corrected chi connectivity index (χ0v) is 18.6. The van der Waals surface area contributed by atoms with Crippen LogP contribution < -0.4 is 14.4 Å². The third-order valence-corrected chi connectivity index (χ3v) is 5.67. The largest absolute Gasteiger partial charge is 0.492 e. The van der Waals surface area contributed by atoms with E-state index in [4.69, 9.17) is 4.74 Å². The summed E-state index contributed by atoms with van der Waals surface area (Å²) >= 11 is 0. The molecule has 0 aliphatic heterocycles. The molecule has 0 atom stereocenters. The number of benzene rings is 2. The summed E-state index contributed by atoms with van der Waals surface area (Å²) in [7, 11) is -3.92. The van der Waals surface area contributed by atoms with E-state index in [2.05, 4.69) is 12.2 Å². The molecular formula is C22H28F2N2O4S. The Bertz CT molecular complexity index is 946. The average molecular weight is 455 g/mol. The normalized spacial score (nSPS) is 11.2. The van der Waals surface area contributed by atoms with Gasteiger partial charge in [-0.1, -0.05) is 31.5 Å². The Balaban J connectivity index is 1.77. The fourth-order valence-corrected chi connectivity index (χ4v) is 4.01. The maximum Gasteiger partial charge on any atom is 0.232 e. The van der Waals surface area contributed by atoms with Crippen molar-refractivity contribution in [1.82, 2.24) is 5.32 Å². The van der Waals surface area contributed by atoms with Crippen molar-refractivity contribution in [2.45, 2.75) is 32.6 Å². The molecule has 9 heteroatoms. The van der Waals surface area contributed by atoms with Crippen molar-refractivity contribution in [2.75, 3.05) is 30.3 Å². The second kappa shape index (κ2) is 11.6. The number of hydrogen-bond acceptors (Lipinski definition) is 4. The third kappa shape index (κ3) is 7.82. The molecule has 170 valence electrons. The van der Waals surface area contributed by atoms with Crippen LogP contribution >= 0.6 is 0 Å². The zero-order chi connectivity index (χ0) is 22.9. The van der Waals surface area contributed by atoms with Gasteiger partial charge < -0.3 is 10.1 Å². The molecule has 2 aromatic carbocycles. The Kier molecular flexibility index (Phi) is 9.23. The van der Waals surface area contributed by atoms with Crippen molar-refractivity contribution in [1.29, 1.82) is 0 Å². The van der Waals surface area contributed by atoms with Crippen LogP contribution in [0.1, 0.15) is 31.7 Å². The fourth-order valence-electron chi connectivity index (χ4n) is 3.04. The van der Waals surface area contributed by atoms with Crippen LogP contribution in [0, 0.1) is 11.6 Å². The van der Waals surface area contributed by atoms with Gasteiger partial charge in [0.15, 0.2) is 11.6 Å². The van der Waals surface area contributed by atoms with Crippen LogP contribution in [-0.2, 0) is 21.2 Å². The Labute approximate surface area is 182 Å². The molecule has 6 nitrogen and oxygen atoms in total. The van der Waals surface area contributed by atoms with E-state index in [1.807, 2.05) is 24.3 Å². The molecule has 0 aliphatic carbocycles. The lowest BCUT2D eigenvalue weighted by molar-refractivity contribution is -0.121. The number of sulfonamides is 1. The SMILES string of the molecule is CCCc1ccc(OCCNC(=O)CCCN(c2c(F)cccc2F)S(C)(=O)=O)cc1. The Hall–Kier alpha value is -2.68. The van der Waals surface area contributed by atoms with E-state index < -0.39 is 27.3 Å². The van der Waals surface area contributed by atoms with Gasteiger partial charge in [-0.2, -0.15) is 0 Å². The summed E-state index contributed by atoms with van der Waals surface area (Å²) in [5.41, 5.74) is 0.602. The number of anilines is 1. The molecule has 0 aromatic heterocycles. The number of halogens is 2. The summed E-state index contributed by atoms with van der Waals surface area (Å²) in [6.07, 6.45) is 3.06. The predicted octanol–water partition coefficient (Wildman–Crippen LogP) is 3.66. The first-order chi connectivity index (χ1) is 14.7. The summed E-state index contributed by atoms with van der Waals surface area (Å²) < 4.78 is 58.2. The lowest BCUT2D eigenvalue weighted by Crippen LogP contribution is -2.34. The van der Waals surface area contributed by atoms with Crippen molar-refractivity contribution in [3.05, 3.63) is 59.7 Å². The lowest BCUT2D eigenvalue weighted by Gasteiger charge is -2.23. The zero-order valence-electron chi connectivity index (χ0n) is 17.7. The van der Waals surface area contributed by atoms with Crippen LogP contribution in [0.2, 0.25) is 0 Å². The highest BCUT2D eigenvalue weighted by molar-refractivity contribution is 7.92. The summed E-state index contributed by atoms with van der Waals surface area (Å²) in [4.78, 5) is 12.0. The highest BCUT2D eigenvalue weighted by Gasteiger charge is 2.24. The van der Waals surface area contributed by atoms with Crippen LogP contribution in [0.5, 0.6) is 5.75 Å². The standard InChI is InChI=1S/C22H28F2N2O4S/c1-3-6-17-10-12-18(13-11-17)30-16-14-25-21(27)9-5-15-26(31(2,28)29)22-19(23)7-4-8-20(22)24/h4,7-8,10-13H,3,5-6,9,14-16H2,1-2H3,(H,25,27). The number of nitrogens with zero attached hydrogens (tertiary/aromatic N) is 1. The molecule has 0 saturated carbocycles. The molecule has 0 saturated heterocycles. The molecule has 1 amide bonds. The molecule has 2 aromatic rings. The molecular weight excluding hydrogens is 426 g/mol. The van der Waals surface area contributed by atoms with Gasteiger partial charge in [-0.25, -0.2) is 17.2 Å². The molecule has 31 heavy (non-hydrogen) atoms. The van der Waals surface area contributed by atoms with E-state index in [0.29, 0.717) is 10.1 Å². The first-order valence-corrected chi connectivity index (χ1v) is 12.0. The molecule has 0 spiro atoms. The molecule has 0 bridgehead atoms. The number of carbonyl (C=O) groups is 1. The van der Waals surface area contributed by atoms with Crippen LogP contribution in [0.15, 0.2) is 42.5 Å². The van der Waals surface area contributed by atoms with Crippen molar-refractivity contribution in [3.8, 4) is 5.75 Å². The number of rotatable bonds is 12. The van der Waals surface area contributed by atoms with Crippen molar-refractivity contribution in [2.24, 2.45) is 0 Å². The highest BCUT2D eigenvalue weighted by atomic mass is 32.2. The first kappa shape index (κ1) is 24.6. The molecule has 2 rings (SSSR count). The fraction of sp³-hybridized carbons (Fsp3) is 0.409. The number of amides is 1. The number of para-hydroxylation sites is 1. The summed E-state index contributed by atoms with van der Waals surface area (Å²) in [5.74, 6) is -1.54. The van der Waals surface area contributed by atoms with E-state index in [1.54, 1.807) is 0 Å². The van der Waals surface area contributed by atoms with E-state index in [1.165, 1.54) is 5.56 Å². The Morgan fingerprint density at radius 3 is 2.32 bits per heavy atom. The smallest absolute Gasteiger partial charge is 0.232 e. The van der Waals surface area contributed by atoms with Gasteiger partial charge in [-0.05, 0) is 42.7 Å². The molecule has 0 unspecified atom stereocenters. The van der Waals surface area contributed by atoms with Crippen LogP contribution in [0.3, 0.4) is 0 Å². The molecule has 1 N–H and O–H groups in total. The van der Waals surface area contributed by atoms with Crippen LogP contribution in [0.25, 0.3) is 0 Å². The number of nitrogens with one attached hydrogen (secondary N) is 1. The second-order valence-electron chi connectivity index (χ2n) is 7.10. The van der Waals surface area contributed by atoms with E-state index >= 15 is 0 Å². The van der Waals surface area contributed by atoms with E-state index in [9.17, 15) is 22.0 Å². The van der Waals surface area contributed by atoms with Gasteiger partial charge in [0, 0.05) is 13.0 Å². The highest BCUT2D eigenvalue weighted by Crippen LogP contribution is 2.25. The van der Waals surface area contributed by atoms with Crippen LogP contribution in [-0.4, -0.2) is 40.3 Å². The maximum atomic E-state index is 14.0. The van der Waals surface area contributed by atoms with Crippen LogP contribution in [0.4, 0.5) is 14.5 Å². The average Bonchev–Trinajstić information content (AvgIpc) is 2.70. The predicted molar refractivity (Wildman–Crippen MR) is 117 cm³/mol. The summed E-state index contributed by atoms with van der Waals surface area (Å²) in [6.45, 7) is 2.47. The van der Waals surface area contributed by atoms with Crippen molar-refractivity contribution < 1.29 is 26.7 Å². The molecule has 0 fully saturated rings. The van der Waals surface area contributed by atoms with E-state index in [0.717, 1.165) is 37.3 Å². The van der Waals surface area contributed by atoms with Crippen molar-refractivity contribution in [3.63, 3.8) is 0 Å². The molecule has 0 aliphatic rings. The minimum atomic E-state index is -3.92. The minimum Gasteiger partial charge on any atom is -0.492 e. The van der Waals surface area contributed by atoms with Gasteiger partial charge in [-0.15, -0.1) is 0 Å². The van der Waals surface area contributed by atoms with E-state index in [-0.39, 0.29) is 38.4 Å². The number of aryl methyl sites for hydroxylation is 1. The van der Waals surface area contributed by atoms with Gasteiger partial charge in [0.1, 0.15) is 18.0 Å². The first-order valence-electron chi connectivity index (χ1n) is 10.1. The summed E-state index contributed by atoms with van der Waals surface area (Å²) in [6, 6.07) is 10.9. The molecule has 0 radical (unpaired) electrons. The van der Waals surface area contributed by atoms with Gasteiger partial charge in [0.05, 0.1) is 12.8 Å². The third-order valence-electron chi connectivity index (χ3n) is 4.51. The molecule has 0 heterocycles. The van der Waals surface area contributed by atoms with Crippen molar-refractivity contribution >= 4 is 21.6 Å². The number of hydrogen-bond donors (Lipinski definition) is 1.